The first-order valence-corrected chi connectivity index (χ1v) is 7.35. The molecule has 6 heteroatoms. The summed E-state index contributed by atoms with van der Waals surface area (Å²) in [5, 5.41) is 6.84. The Labute approximate surface area is 130 Å². The van der Waals surface area contributed by atoms with Crippen LogP contribution in [0.1, 0.15) is 43.4 Å². The first kappa shape index (κ1) is 16.2. The number of hydrogen-bond donors (Lipinski definition) is 2. The van der Waals surface area contributed by atoms with E-state index in [0.29, 0.717) is 35.9 Å². The van der Waals surface area contributed by atoms with E-state index in [1.165, 1.54) is 0 Å². The SMILES string of the molecule is CC(C)(C)c1noc(-c2ccccc2C(=O)NCCCN)n1. The van der Waals surface area contributed by atoms with Gasteiger partial charge in [-0.2, -0.15) is 4.98 Å². The standard InChI is InChI=1S/C16H22N4O2/c1-16(2,3)15-19-14(22-20-15)12-8-5-4-7-11(12)13(21)18-10-6-9-17/h4-5,7-8H,6,9-10,17H2,1-3H3,(H,18,21). The van der Waals surface area contributed by atoms with Gasteiger partial charge in [0.25, 0.3) is 11.8 Å². The van der Waals surface area contributed by atoms with Gasteiger partial charge < -0.3 is 15.6 Å². The van der Waals surface area contributed by atoms with Crippen molar-refractivity contribution in [3.05, 3.63) is 35.7 Å². The molecule has 0 bridgehead atoms. The minimum atomic E-state index is -0.208. The lowest BCUT2D eigenvalue weighted by atomic mass is 9.96. The number of carbonyl (C=O) groups is 1. The van der Waals surface area contributed by atoms with Crippen molar-refractivity contribution in [2.75, 3.05) is 13.1 Å². The van der Waals surface area contributed by atoms with E-state index in [-0.39, 0.29) is 11.3 Å². The van der Waals surface area contributed by atoms with Crippen molar-refractivity contribution in [2.45, 2.75) is 32.6 Å². The van der Waals surface area contributed by atoms with Crippen molar-refractivity contribution >= 4 is 5.91 Å². The van der Waals surface area contributed by atoms with Gasteiger partial charge in [-0.15, -0.1) is 0 Å². The highest BCUT2D eigenvalue weighted by molar-refractivity contribution is 5.99. The number of nitrogens with one attached hydrogen (secondary N) is 1. The summed E-state index contributed by atoms with van der Waals surface area (Å²) in [4.78, 5) is 16.7. The van der Waals surface area contributed by atoms with Crippen LogP contribution in [0.25, 0.3) is 11.5 Å². The lowest BCUT2D eigenvalue weighted by Crippen LogP contribution is -2.26. The molecule has 0 fully saturated rings. The highest BCUT2D eigenvalue weighted by Crippen LogP contribution is 2.26. The van der Waals surface area contributed by atoms with Crippen LogP contribution in [-0.2, 0) is 5.41 Å². The Morgan fingerprint density at radius 3 is 2.68 bits per heavy atom. The number of nitrogens with zero attached hydrogens (tertiary/aromatic N) is 2. The third-order valence-corrected chi connectivity index (χ3v) is 3.17. The molecule has 118 valence electrons. The summed E-state index contributed by atoms with van der Waals surface area (Å²) in [5.41, 5.74) is 6.38. The molecule has 0 spiro atoms. The average Bonchev–Trinajstić information content (AvgIpc) is 2.97. The second kappa shape index (κ2) is 6.70. The van der Waals surface area contributed by atoms with Crippen molar-refractivity contribution in [1.82, 2.24) is 15.5 Å². The largest absolute Gasteiger partial charge is 0.352 e. The van der Waals surface area contributed by atoms with Crippen LogP contribution in [0.15, 0.2) is 28.8 Å². The zero-order valence-electron chi connectivity index (χ0n) is 13.2. The molecule has 0 aliphatic heterocycles. The van der Waals surface area contributed by atoms with Gasteiger partial charge in [0.1, 0.15) is 0 Å². The van der Waals surface area contributed by atoms with Gasteiger partial charge in [0, 0.05) is 12.0 Å². The normalized spacial score (nSPS) is 11.5. The van der Waals surface area contributed by atoms with E-state index in [1.54, 1.807) is 12.1 Å². The summed E-state index contributed by atoms with van der Waals surface area (Å²) in [6.45, 7) is 7.11. The zero-order valence-corrected chi connectivity index (χ0v) is 13.2. The van der Waals surface area contributed by atoms with Gasteiger partial charge in [0.2, 0.25) is 0 Å². The minimum absolute atomic E-state index is 0.167. The molecule has 0 atom stereocenters. The fourth-order valence-electron chi connectivity index (χ4n) is 1.90. The number of aromatic nitrogens is 2. The first-order chi connectivity index (χ1) is 10.4. The molecular formula is C16H22N4O2. The van der Waals surface area contributed by atoms with E-state index in [2.05, 4.69) is 15.5 Å². The number of hydrogen-bond acceptors (Lipinski definition) is 5. The predicted octanol–water partition coefficient (Wildman–Crippen LogP) is 2.11. The topological polar surface area (TPSA) is 94.0 Å². The molecule has 2 rings (SSSR count). The van der Waals surface area contributed by atoms with E-state index in [4.69, 9.17) is 10.3 Å². The molecule has 1 aromatic carbocycles. The van der Waals surface area contributed by atoms with Gasteiger partial charge in [0.05, 0.1) is 11.1 Å². The Kier molecular flexibility index (Phi) is 4.92. The lowest BCUT2D eigenvalue weighted by molar-refractivity contribution is 0.0954. The summed E-state index contributed by atoms with van der Waals surface area (Å²) in [6, 6.07) is 7.20. The average molecular weight is 302 g/mol. The highest BCUT2D eigenvalue weighted by Gasteiger charge is 2.23. The summed E-state index contributed by atoms with van der Waals surface area (Å²) < 4.78 is 5.33. The van der Waals surface area contributed by atoms with E-state index < -0.39 is 0 Å². The maximum atomic E-state index is 12.3. The van der Waals surface area contributed by atoms with Gasteiger partial charge >= 0.3 is 0 Å². The molecule has 0 aliphatic rings. The van der Waals surface area contributed by atoms with Gasteiger partial charge in [-0.3, -0.25) is 4.79 Å². The lowest BCUT2D eigenvalue weighted by Gasteiger charge is -2.11. The molecule has 1 amide bonds. The Bertz CT molecular complexity index is 644. The minimum Gasteiger partial charge on any atom is -0.352 e. The number of rotatable bonds is 5. The fraction of sp³-hybridized carbons (Fsp3) is 0.438. The zero-order chi connectivity index (χ0) is 16.2. The predicted molar refractivity (Wildman–Crippen MR) is 84.4 cm³/mol. The van der Waals surface area contributed by atoms with E-state index >= 15 is 0 Å². The Morgan fingerprint density at radius 2 is 2.05 bits per heavy atom. The third kappa shape index (κ3) is 3.71. The second-order valence-electron chi connectivity index (χ2n) is 6.12. The van der Waals surface area contributed by atoms with Crippen molar-refractivity contribution in [3.8, 4) is 11.5 Å². The summed E-state index contributed by atoms with van der Waals surface area (Å²) in [6.07, 6.45) is 0.739. The third-order valence-electron chi connectivity index (χ3n) is 3.17. The quantitative estimate of drug-likeness (QED) is 0.825. The molecule has 3 N–H and O–H groups in total. The molecule has 0 saturated carbocycles. The number of amides is 1. The van der Waals surface area contributed by atoms with E-state index in [1.807, 2.05) is 32.9 Å². The van der Waals surface area contributed by atoms with E-state index in [0.717, 1.165) is 6.42 Å². The smallest absolute Gasteiger partial charge is 0.258 e. The van der Waals surface area contributed by atoms with Gasteiger partial charge in [-0.25, -0.2) is 0 Å². The molecule has 0 saturated heterocycles. The van der Waals surface area contributed by atoms with Crippen molar-refractivity contribution in [3.63, 3.8) is 0 Å². The molecule has 2 aromatic rings. The number of nitrogens with two attached hydrogens (primary N) is 1. The van der Waals surface area contributed by atoms with Crippen LogP contribution in [-0.4, -0.2) is 29.1 Å². The van der Waals surface area contributed by atoms with Gasteiger partial charge in [0.15, 0.2) is 5.82 Å². The Morgan fingerprint density at radius 1 is 1.32 bits per heavy atom. The van der Waals surface area contributed by atoms with Crippen molar-refractivity contribution in [2.24, 2.45) is 5.73 Å². The van der Waals surface area contributed by atoms with Crippen LogP contribution in [0, 0.1) is 0 Å². The second-order valence-corrected chi connectivity index (χ2v) is 6.12. The van der Waals surface area contributed by atoms with E-state index in [9.17, 15) is 4.79 Å². The van der Waals surface area contributed by atoms with Crippen LogP contribution >= 0.6 is 0 Å². The summed E-state index contributed by atoms with van der Waals surface area (Å²) in [7, 11) is 0. The first-order valence-electron chi connectivity index (χ1n) is 7.35. The van der Waals surface area contributed by atoms with Crippen molar-refractivity contribution < 1.29 is 9.32 Å². The molecule has 1 aromatic heterocycles. The van der Waals surface area contributed by atoms with Crippen LogP contribution in [0.4, 0.5) is 0 Å². The summed E-state index contributed by atoms with van der Waals surface area (Å²) in [5.74, 6) is 0.801. The Hall–Kier alpha value is -2.21. The highest BCUT2D eigenvalue weighted by atomic mass is 16.5. The molecule has 0 aliphatic carbocycles. The molecule has 0 unspecified atom stereocenters. The number of carbonyl (C=O) groups excluding carboxylic acids is 1. The van der Waals surface area contributed by atoms with Crippen LogP contribution in [0.3, 0.4) is 0 Å². The van der Waals surface area contributed by atoms with Crippen LogP contribution in [0.5, 0.6) is 0 Å². The fourth-order valence-corrected chi connectivity index (χ4v) is 1.90. The van der Waals surface area contributed by atoms with Crippen LogP contribution < -0.4 is 11.1 Å². The monoisotopic (exact) mass is 302 g/mol. The molecule has 1 heterocycles. The van der Waals surface area contributed by atoms with Crippen LogP contribution in [0.2, 0.25) is 0 Å². The summed E-state index contributed by atoms with van der Waals surface area (Å²) >= 11 is 0. The molecule has 6 nitrogen and oxygen atoms in total. The maximum absolute atomic E-state index is 12.3. The Balaban J connectivity index is 2.28. The number of benzene rings is 1. The maximum Gasteiger partial charge on any atom is 0.258 e. The molecular weight excluding hydrogens is 280 g/mol. The molecule has 0 radical (unpaired) electrons. The van der Waals surface area contributed by atoms with Gasteiger partial charge in [-0.1, -0.05) is 38.1 Å². The van der Waals surface area contributed by atoms with Crippen molar-refractivity contribution in [1.29, 1.82) is 0 Å². The van der Waals surface area contributed by atoms with Gasteiger partial charge in [-0.05, 0) is 25.1 Å². The molecule has 22 heavy (non-hydrogen) atoms.